The molecule has 2 rings (SSSR count). The van der Waals surface area contributed by atoms with Gasteiger partial charge in [-0.1, -0.05) is 6.42 Å². The van der Waals surface area contributed by atoms with Gasteiger partial charge in [0.05, 0.1) is 0 Å². The highest BCUT2D eigenvalue weighted by Gasteiger charge is 2.31. The Hall–Kier alpha value is -0.610. The molecular weight excluding hydrogens is 168 g/mol. The van der Waals surface area contributed by atoms with E-state index in [4.69, 9.17) is 5.11 Å². The van der Waals surface area contributed by atoms with Gasteiger partial charge in [0.2, 0.25) is 0 Å². The average Bonchev–Trinajstić information content (AvgIpc) is 2.01. The number of rotatable bonds is 2. The third-order valence-electron chi connectivity index (χ3n) is 3.10. The molecule has 1 aliphatic heterocycles. The van der Waals surface area contributed by atoms with Gasteiger partial charge in [0.25, 0.3) is 0 Å². The Morgan fingerprint density at radius 3 is 2.77 bits per heavy atom. The van der Waals surface area contributed by atoms with Gasteiger partial charge < -0.3 is 10.4 Å². The van der Waals surface area contributed by atoms with E-state index in [2.05, 4.69) is 10.2 Å². The Morgan fingerprint density at radius 2 is 2.23 bits per heavy atom. The second-order valence-electron chi connectivity index (χ2n) is 3.92. The first-order chi connectivity index (χ1) is 6.27. The number of piperazine rings is 1. The molecule has 1 saturated carbocycles. The quantitative estimate of drug-likeness (QED) is 0.629. The van der Waals surface area contributed by atoms with E-state index >= 15 is 0 Å². The molecule has 1 atom stereocenters. The summed E-state index contributed by atoms with van der Waals surface area (Å²) in [5.41, 5.74) is 0. The van der Waals surface area contributed by atoms with Gasteiger partial charge in [0.1, 0.15) is 6.04 Å². The number of carboxylic acid groups (broad SMARTS) is 1. The van der Waals surface area contributed by atoms with Crippen molar-refractivity contribution in [3.63, 3.8) is 0 Å². The fraction of sp³-hybridized carbons (Fsp3) is 0.889. The van der Waals surface area contributed by atoms with Crippen LogP contribution < -0.4 is 5.32 Å². The van der Waals surface area contributed by atoms with Crippen LogP contribution >= 0.6 is 0 Å². The predicted molar refractivity (Wildman–Crippen MR) is 48.6 cm³/mol. The maximum absolute atomic E-state index is 10.7. The summed E-state index contributed by atoms with van der Waals surface area (Å²) in [4.78, 5) is 13.1. The molecule has 0 amide bonds. The standard InChI is InChI=1S/C9H16N2O2/c12-9(13)8-6-11(5-4-10-8)7-2-1-3-7/h7-8,10H,1-6H2,(H,12,13). The van der Waals surface area contributed by atoms with E-state index in [1.165, 1.54) is 19.3 Å². The minimum Gasteiger partial charge on any atom is -0.480 e. The number of hydrogen-bond acceptors (Lipinski definition) is 3. The third-order valence-corrected chi connectivity index (χ3v) is 3.10. The van der Waals surface area contributed by atoms with Crippen LogP contribution in [0, 0.1) is 0 Å². The Bertz CT molecular complexity index is 204. The van der Waals surface area contributed by atoms with Crippen molar-refractivity contribution in [1.29, 1.82) is 0 Å². The summed E-state index contributed by atoms with van der Waals surface area (Å²) in [5.74, 6) is -0.718. The fourth-order valence-electron chi connectivity index (χ4n) is 2.02. The molecule has 2 fully saturated rings. The zero-order chi connectivity index (χ0) is 9.26. The lowest BCUT2D eigenvalue weighted by atomic mass is 9.90. The molecule has 1 unspecified atom stereocenters. The average molecular weight is 184 g/mol. The molecule has 0 aromatic heterocycles. The second kappa shape index (κ2) is 3.64. The molecule has 0 aromatic rings. The Balaban J connectivity index is 1.87. The molecule has 0 bridgehead atoms. The van der Waals surface area contributed by atoms with Gasteiger partial charge >= 0.3 is 5.97 Å². The summed E-state index contributed by atoms with van der Waals surface area (Å²) in [7, 11) is 0. The van der Waals surface area contributed by atoms with Crippen molar-refractivity contribution in [1.82, 2.24) is 10.2 Å². The molecule has 74 valence electrons. The monoisotopic (exact) mass is 184 g/mol. The normalized spacial score (nSPS) is 31.2. The number of carboxylic acids is 1. The van der Waals surface area contributed by atoms with Crippen molar-refractivity contribution >= 4 is 5.97 Å². The van der Waals surface area contributed by atoms with Crippen molar-refractivity contribution < 1.29 is 9.90 Å². The van der Waals surface area contributed by atoms with Crippen LogP contribution in [0.25, 0.3) is 0 Å². The van der Waals surface area contributed by atoms with Gasteiger partial charge in [-0.25, -0.2) is 0 Å². The van der Waals surface area contributed by atoms with E-state index in [0.717, 1.165) is 13.1 Å². The van der Waals surface area contributed by atoms with Crippen LogP contribution in [0.1, 0.15) is 19.3 Å². The van der Waals surface area contributed by atoms with Crippen LogP contribution in [0.3, 0.4) is 0 Å². The molecule has 2 N–H and O–H groups in total. The number of aliphatic carboxylic acids is 1. The maximum atomic E-state index is 10.7. The van der Waals surface area contributed by atoms with Crippen molar-refractivity contribution in [3.8, 4) is 0 Å². The van der Waals surface area contributed by atoms with Gasteiger partial charge in [0, 0.05) is 25.7 Å². The van der Waals surface area contributed by atoms with Crippen LogP contribution in [0.15, 0.2) is 0 Å². The van der Waals surface area contributed by atoms with Gasteiger partial charge in [0.15, 0.2) is 0 Å². The Morgan fingerprint density at radius 1 is 1.46 bits per heavy atom. The third kappa shape index (κ3) is 1.84. The Kier molecular flexibility index (Phi) is 2.51. The molecular formula is C9H16N2O2. The summed E-state index contributed by atoms with van der Waals surface area (Å²) in [6.07, 6.45) is 3.82. The molecule has 1 saturated heterocycles. The lowest BCUT2D eigenvalue weighted by molar-refractivity contribution is -0.141. The van der Waals surface area contributed by atoms with E-state index in [1.54, 1.807) is 0 Å². The number of carbonyl (C=O) groups is 1. The first-order valence-electron chi connectivity index (χ1n) is 4.97. The molecule has 0 spiro atoms. The molecule has 0 radical (unpaired) electrons. The van der Waals surface area contributed by atoms with E-state index in [9.17, 15) is 4.79 Å². The Labute approximate surface area is 77.9 Å². The van der Waals surface area contributed by atoms with Crippen LogP contribution in [0.5, 0.6) is 0 Å². The second-order valence-corrected chi connectivity index (χ2v) is 3.92. The summed E-state index contributed by atoms with van der Waals surface area (Å²) in [5, 5.41) is 11.8. The lowest BCUT2D eigenvalue weighted by Crippen LogP contribution is -2.57. The molecule has 4 nitrogen and oxygen atoms in total. The van der Waals surface area contributed by atoms with Crippen molar-refractivity contribution in [3.05, 3.63) is 0 Å². The molecule has 2 aliphatic rings. The van der Waals surface area contributed by atoms with Crippen LogP contribution in [0.4, 0.5) is 0 Å². The van der Waals surface area contributed by atoms with E-state index in [-0.39, 0.29) is 6.04 Å². The minimum atomic E-state index is -0.718. The molecule has 4 heteroatoms. The first kappa shape index (κ1) is 8.97. The summed E-state index contributed by atoms with van der Waals surface area (Å²) in [6.45, 7) is 2.50. The zero-order valence-corrected chi connectivity index (χ0v) is 7.70. The zero-order valence-electron chi connectivity index (χ0n) is 7.70. The van der Waals surface area contributed by atoms with Crippen molar-refractivity contribution in [2.75, 3.05) is 19.6 Å². The molecule has 1 aliphatic carbocycles. The highest BCUT2D eigenvalue weighted by molar-refractivity contribution is 5.73. The fourth-order valence-corrected chi connectivity index (χ4v) is 2.02. The maximum Gasteiger partial charge on any atom is 0.322 e. The molecule has 13 heavy (non-hydrogen) atoms. The number of nitrogens with zero attached hydrogens (tertiary/aromatic N) is 1. The molecule has 0 aromatic carbocycles. The van der Waals surface area contributed by atoms with Gasteiger partial charge in [-0.3, -0.25) is 9.69 Å². The highest BCUT2D eigenvalue weighted by atomic mass is 16.4. The highest BCUT2D eigenvalue weighted by Crippen LogP contribution is 2.25. The summed E-state index contributed by atoms with van der Waals surface area (Å²) < 4.78 is 0. The summed E-state index contributed by atoms with van der Waals surface area (Å²) >= 11 is 0. The van der Waals surface area contributed by atoms with Crippen LogP contribution in [-0.4, -0.2) is 47.7 Å². The number of hydrogen-bond donors (Lipinski definition) is 2. The van der Waals surface area contributed by atoms with Crippen LogP contribution in [0.2, 0.25) is 0 Å². The van der Waals surface area contributed by atoms with Gasteiger partial charge in [-0.15, -0.1) is 0 Å². The topological polar surface area (TPSA) is 52.6 Å². The smallest absolute Gasteiger partial charge is 0.322 e. The molecule has 1 heterocycles. The lowest BCUT2D eigenvalue weighted by Gasteiger charge is -2.41. The van der Waals surface area contributed by atoms with Gasteiger partial charge in [-0.2, -0.15) is 0 Å². The predicted octanol–water partition coefficient (Wildman–Crippen LogP) is -0.103. The van der Waals surface area contributed by atoms with Gasteiger partial charge in [-0.05, 0) is 12.8 Å². The SMILES string of the molecule is O=C(O)C1CN(C2CCC2)CCN1. The largest absolute Gasteiger partial charge is 0.480 e. The van der Waals surface area contributed by atoms with Crippen molar-refractivity contribution in [2.45, 2.75) is 31.3 Å². The number of nitrogens with one attached hydrogen (secondary N) is 1. The van der Waals surface area contributed by atoms with E-state index in [0.29, 0.717) is 12.6 Å². The van der Waals surface area contributed by atoms with Crippen LogP contribution in [-0.2, 0) is 4.79 Å². The minimum absolute atomic E-state index is 0.352. The van der Waals surface area contributed by atoms with E-state index < -0.39 is 5.97 Å². The first-order valence-corrected chi connectivity index (χ1v) is 4.97. The summed E-state index contributed by atoms with van der Waals surface area (Å²) in [6, 6.07) is 0.318. The van der Waals surface area contributed by atoms with E-state index in [1.807, 2.05) is 0 Å². The van der Waals surface area contributed by atoms with Crippen molar-refractivity contribution in [2.24, 2.45) is 0 Å².